The van der Waals surface area contributed by atoms with Crippen molar-refractivity contribution in [1.82, 2.24) is 24.7 Å². The van der Waals surface area contributed by atoms with Crippen LogP contribution in [0.25, 0.3) is 11.4 Å². The molecule has 0 bridgehead atoms. The number of hydrogen-bond acceptors (Lipinski definition) is 4. The normalized spacial score (nSPS) is 11.0. The lowest BCUT2D eigenvalue weighted by molar-refractivity contribution is 0.725. The molecule has 108 valence electrons. The van der Waals surface area contributed by atoms with Crippen LogP contribution < -0.4 is 0 Å². The molecular formula is C15H17N5S. The summed E-state index contributed by atoms with van der Waals surface area (Å²) in [5, 5.41) is 8.00. The summed E-state index contributed by atoms with van der Waals surface area (Å²) in [5.41, 5.74) is 2.29. The molecule has 1 N–H and O–H groups in total. The minimum Gasteiger partial charge on any atom is -0.335 e. The van der Waals surface area contributed by atoms with Crippen molar-refractivity contribution < 1.29 is 0 Å². The summed E-state index contributed by atoms with van der Waals surface area (Å²) in [6, 6.07) is 8.24. The van der Waals surface area contributed by atoms with Crippen molar-refractivity contribution in [1.29, 1.82) is 0 Å². The number of thioether (sulfide) groups is 1. The second-order valence-electron chi connectivity index (χ2n) is 4.75. The Labute approximate surface area is 127 Å². The Morgan fingerprint density at radius 2 is 2.05 bits per heavy atom. The van der Waals surface area contributed by atoms with Crippen molar-refractivity contribution in [3.8, 4) is 11.4 Å². The maximum atomic E-state index is 4.52. The van der Waals surface area contributed by atoms with Gasteiger partial charge in [0.2, 0.25) is 5.16 Å². The standard InChI is InChI=1S/C15H17N5S/c1-3-20-9-8-16-13(20)10-21-15-17-14(18-19-15)12-6-4-11(2)5-7-12/h4-9H,3,10H2,1-2H3,(H,17,18,19). The van der Waals surface area contributed by atoms with Gasteiger partial charge in [-0.05, 0) is 13.8 Å². The lowest BCUT2D eigenvalue weighted by atomic mass is 10.1. The molecule has 3 rings (SSSR count). The summed E-state index contributed by atoms with van der Waals surface area (Å²) < 4.78 is 2.13. The largest absolute Gasteiger partial charge is 0.335 e. The van der Waals surface area contributed by atoms with E-state index in [9.17, 15) is 0 Å². The number of benzene rings is 1. The van der Waals surface area contributed by atoms with Crippen molar-refractivity contribution in [2.45, 2.75) is 31.3 Å². The Balaban J connectivity index is 1.69. The Kier molecular flexibility index (Phi) is 4.06. The van der Waals surface area contributed by atoms with Crippen LogP contribution in [0.15, 0.2) is 41.8 Å². The van der Waals surface area contributed by atoms with Crippen LogP contribution in [0.1, 0.15) is 18.3 Å². The van der Waals surface area contributed by atoms with Gasteiger partial charge in [-0.2, -0.15) is 0 Å². The molecule has 6 heteroatoms. The Hall–Kier alpha value is -2.08. The first-order valence-electron chi connectivity index (χ1n) is 6.88. The van der Waals surface area contributed by atoms with Gasteiger partial charge >= 0.3 is 0 Å². The monoisotopic (exact) mass is 299 g/mol. The van der Waals surface area contributed by atoms with E-state index >= 15 is 0 Å². The van der Waals surface area contributed by atoms with Gasteiger partial charge in [-0.1, -0.05) is 41.6 Å². The molecular weight excluding hydrogens is 282 g/mol. The highest BCUT2D eigenvalue weighted by Gasteiger charge is 2.08. The lowest BCUT2D eigenvalue weighted by Gasteiger charge is -2.02. The number of aromatic amines is 1. The van der Waals surface area contributed by atoms with Gasteiger partial charge in [-0.25, -0.2) is 9.97 Å². The maximum Gasteiger partial charge on any atom is 0.209 e. The van der Waals surface area contributed by atoms with Crippen LogP contribution in [0, 0.1) is 6.92 Å². The molecule has 0 amide bonds. The molecule has 3 aromatic rings. The van der Waals surface area contributed by atoms with E-state index in [1.165, 1.54) is 5.56 Å². The average molecular weight is 299 g/mol. The van der Waals surface area contributed by atoms with Gasteiger partial charge in [0.25, 0.3) is 0 Å². The first-order chi connectivity index (χ1) is 10.3. The third-order valence-electron chi connectivity index (χ3n) is 3.26. The summed E-state index contributed by atoms with van der Waals surface area (Å²) in [7, 11) is 0. The first kappa shape index (κ1) is 13.9. The highest BCUT2D eigenvalue weighted by atomic mass is 32.2. The maximum absolute atomic E-state index is 4.52. The van der Waals surface area contributed by atoms with Crippen molar-refractivity contribution in [3.05, 3.63) is 48.0 Å². The van der Waals surface area contributed by atoms with E-state index in [-0.39, 0.29) is 0 Å². The number of aryl methyl sites for hydroxylation is 2. The quantitative estimate of drug-likeness (QED) is 0.734. The number of nitrogens with zero attached hydrogens (tertiary/aromatic N) is 4. The van der Waals surface area contributed by atoms with Gasteiger partial charge in [0.15, 0.2) is 5.82 Å². The number of aromatic nitrogens is 5. The second-order valence-corrected chi connectivity index (χ2v) is 5.69. The molecule has 5 nitrogen and oxygen atoms in total. The molecule has 1 aromatic carbocycles. The molecule has 2 heterocycles. The molecule has 0 radical (unpaired) electrons. The molecule has 0 atom stereocenters. The number of H-pyrrole nitrogens is 1. The van der Waals surface area contributed by atoms with Gasteiger partial charge in [0.05, 0.1) is 5.75 Å². The van der Waals surface area contributed by atoms with Gasteiger partial charge in [-0.15, -0.1) is 5.10 Å². The van der Waals surface area contributed by atoms with E-state index in [1.807, 2.05) is 24.5 Å². The molecule has 0 saturated carbocycles. The zero-order valence-corrected chi connectivity index (χ0v) is 12.9. The molecule has 0 saturated heterocycles. The first-order valence-corrected chi connectivity index (χ1v) is 7.87. The molecule has 0 fully saturated rings. The molecule has 0 aliphatic carbocycles. The SMILES string of the molecule is CCn1ccnc1CSc1n[nH]c(-c2ccc(C)cc2)n1. The predicted molar refractivity (Wildman–Crippen MR) is 84.0 cm³/mol. The van der Waals surface area contributed by atoms with E-state index in [0.29, 0.717) is 0 Å². The number of rotatable bonds is 5. The number of imidazole rings is 1. The van der Waals surface area contributed by atoms with Crippen LogP contribution in [-0.4, -0.2) is 24.7 Å². The molecule has 2 aromatic heterocycles. The topological polar surface area (TPSA) is 59.4 Å². The minimum atomic E-state index is 0.747. The van der Waals surface area contributed by atoms with Crippen molar-refractivity contribution in [3.63, 3.8) is 0 Å². The molecule has 0 unspecified atom stereocenters. The van der Waals surface area contributed by atoms with Gasteiger partial charge in [-0.3, -0.25) is 5.10 Å². The summed E-state index contributed by atoms with van der Waals surface area (Å²) in [6.45, 7) is 5.11. The summed E-state index contributed by atoms with van der Waals surface area (Å²) >= 11 is 1.59. The van der Waals surface area contributed by atoms with Crippen LogP contribution >= 0.6 is 11.8 Å². The van der Waals surface area contributed by atoms with Crippen LogP contribution in [0.5, 0.6) is 0 Å². The number of hydrogen-bond donors (Lipinski definition) is 1. The van der Waals surface area contributed by atoms with E-state index in [4.69, 9.17) is 0 Å². The zero-order valence-electron chi connectivity index (χ0n) is 12.1. The van der Waals surface area contributed by atoms with E-state index < -0.39 is 0 Å². The highest BCUT2D eigenvalue weighted by Crippen LogP contribution is 2.22. The van der Waals surface area contributed by atoms with Gasteiger partial charge in [0.1, 0.15) is 5.82 Å². The van der Waals surface area contributed by atoms with Crippen LogP contribution in [0.2, 0.25) is 0 Å². The molecule has 0 spiro atoms. The van der Waals surface area contributed by atoms with Gasteiger partial charge in [0, 0.05) is 24.5 Å². The van der Waals surface area contributed by atoms with Crippen LogP contribution in [0.3, 0.4) is 0 Å². The van der Waals surface area contributed by atoms with Crippen LogP contribution in [-0.2, 0) is 12.3 Å². The van der Waals surface area contributed by atoms with E-state index in [2.05, 4.69) is 50.7 Å². The van der Waals surface area contributed by atoms with Crippen molar-refractivity contribution >= 4 is 11.8 Å². The fourth-order valence-corrected chi connectivity index (χ4v) is 2.81. The van der Waals surface area contributed by atoms with E-state index in [1.54, 1.807) is 11.8 Å². The summed E-state index contributed by atoms with van der Waals surface area (Å²) in [6.07, 6.45) is 3.82. The Morgan fingerprint density at radius 1 is 1.24 bits per heavy atom. The fourth-order valence-electron chi connectivity index (χ4n) is 2.05. The Bertz CT molecular complexity index is 714. The molecule has 0 aliphatic rings. The lowest BCUT2D eigenvalue weighted by Crippen LogP contribution is -1.98. The summed E-state index contributed by atoms with van der Waals surface area (Å²) in [5.74, 6) is 2.62. The van der Waals surface area contributed by atoms with Gasteiger partial charge < -0.3 is 4.57 Å². The molecule has 21 heavy (non-hydrogen) atoms. The predicted octanol–water partition coefficient (Wildman–Crippen LogP) is 3.29. The zero-order chi connectivity index (χ0) is 14.7. The third kappa shape index (κ3) is 3.16. The fraction of sp³-hybridized carbons (Fsp3) is 0.267. The van der Waals surface area contributed by atoms with Crippen LogP contribution in [0.4, 0.5) is 0 Å². The smallest absolute Gasteiger partial charge is 0.209 e. The van der Waals surface area contributed by atoms with E-state index in [0.717, 1.165) is 34.7 Å². The summed E-state index contributed by atoms with van der Waals surface area (Å²) in [4.78, 5) is 8.88. The highest BCUT2D eigenvalue weighted by molar-refractivity contribution is 7.98. The second kappa shape index (κ2) is 6.13. The van der Waals surface area contributed by atoms with Crippen molar-refractivity contribution in [2.75, 3.05) is 0 Å². The average Bonchev–Trinajstić information content (AvgIpc) is 3.14. The Morgan fingerprint density at radius 3 is 2.81 bits per heavy atom. The molecule has 0 aliphatic heterocycles. The minimum absolute atomic E-state index is 0.747. The number of nitrogens with one attached hydrogen (secondary N) is 1. The third-order valence-corrected chi connectivity index (χ3v) is 4.11. The van der Waals surface area contributed by atoms with Crippen molar-refractivity contribution in [2.24, 2.45) is 0 Å².